The summed E-state index contributed by atoms with van der Waals surface area (Å²) < 4.78 is 10.1. The van der Waals surface area contributed by atoms with Crippen LogP contribution in [0.2, 0.25) is 0 Å². The standard InChI is InChI=1S/C15H22O4/c1-15(2,3)9-5-6-10-11(8-13(16)18-4)14(17)19-12(10)7-9/h9,12H,5-8H2,1-4H3. The number of carbonyl (C=O) groups excluding carboxylic acids is 2. The number of esters is 2. The molecule has 0 aromatic carbocycles. The first-order valence-electron chi connectivity index (χ1n) is 6.82. The molecule has 19 heavy (non-hydrogen) atoms. The van der Waals surface area contributed by atoms with Crippen molar-refractivity contribution in [2.24, 2.45) is 11.3 Å². The lowest BCUT2D eigenvalue weighted by Crippen LogP contribution is -2.30. The van der Waals surface area contributed by atoms with Crippen LogP contribution in [0.3, 0.4) is 0 Å². The summed E-state index contributed by atoms with van der Waals surface area (Å²) in [6.45, 7) is 6.66. The Labute approximate surface area is 114 Å². The van der Waals surface area contributed by atoms with Gasteiger partial charge in [0.1, 0.15) is 6.10 Å². The zero-order valence-electron chi connectivity index (χ0n) is 12.1. The lowest BCUT2D eigenvalue weighted by atomic mass is 9.70. The number of carbonyl (C=O) groups is 2. The molecule has 0 bridgehead atoms. The molecule has 2 rings (SSSR count). The van der Waals surface area contributed by atoms with Crippen molar-refractivity contribution in [3.63, 3.8) is 0 Å². The molecular weight excluding hydrogens is 244 g/mol. The number of methoxy groups -OCH3 is 1. The van der Waals surface area contributed by atoms with E-state index >= 15 is 0 Å². The van der Waals surface area contributed by atoms with Crippen molar-refractivity contribution in [3.05, 3.63) is 11.1 Å². The van der Waals surface area contributed by atoms with E-state index in [2.05, 4.69) is 25.5 Å². The first kappa shape index (κ1) is 14.1. The first-order chi connectivity index (χ1) is 8.82. The molecule has 0 spiro atoms. The third kappa shape index (κ3) is 2.82. The van der Waals surface area contributed by atoms with Crippen molar-refractivity contribution < 1.29 is 19.1 Å². The fourth-order valence-corrected chi connectivity index (χ4v) is 2.99. The maximum Gasteiger partial charge on any atom is 0.335 e. The van der Waals surface area contributed by atoms with Gasteiger partial charge in [0.05, 0.1) is 19.1 Å². The van der Waals surface area contributed by atoms with E-state index in [-0.39, 0.29) is 29.9 Å². The van der Waals surface area contributed by atoms with E-state index in [1.807, 2.05) is 0 Å². The molecule has 1 aliphatic heterocycles. The molecule has 0 saturated heterocycles. The molecule has 2 unspecified atom stereocenters. The molecule has 1 fully saturated rings. The summed E-state index contributed by atoms with van der Waals surface area (Å²) in [4.78, 5) is 23.2. The van der Waals surface area contributed by atoms with Crippen LogP contribution in [-0.4, -0.2) is 25.2 Å². The molecule has 2 aliphatic rings. The zero-order chi connectivity index (χ0) is 14.2. The summed E-state index contributed by atoms with van der Waals surface area (Å²) in [5, 5.41) is 0. The molecule has 4 heteroatoms. The van der Waals surface area contributed by atoms with E-state index in [1.165, 1.54) is 7.11 Å². The summed E-state index contributed by atoms with van der Waals surface area (Å²) in [6, 6.07) is 0. The molecule has 0 amide bonds. The molecule has 0 aromatic heterocycles. The fraction of sp³-hybridized carbons (Fsp3) is 0.733. The van der Waals surface area contributed by atoms with Gasteiger partial charge in [-0.15, -0.1) is 0 Å². The Morgan fingerprint density at radius 2 is 2.11 bits per heavy atom. The van der Waals surface area contributed by atoms with Crippen LogP contribution in [0.5, 0.6) is 0 Å². The highest BCUT2D eigenvalue weighted by molar-refractivity contribution is 5.97. The van der Waals surface area contributed by atoms with Gasteiger partial charge in [0, 0.05) is 0 Å². The smallest absolute Gasteiger partial charge is 0.335 e. The number of rotatable bonds is 2. The Morgan fingerprint density at radius 1 is 1.42 bits per heavy atom. The van der Waals surface area contributed by atoms with Gasteiger partial charge in [-0.2, -0.15) is 0 Å². The van der Waals surface area contributed by atoms with E-state index < -0.39 is 0 Å². The second-order valence-corrected chi connectivity index (χ2v) is 6.49. The van der Waals surface area contributed by atoms with Gasteiger partial charge in [-0.1, -0.05) is 20.8 Å². The highest BCUT2D eigenvalue weighted by Crippen LogP contribution is 2.44. The van der Waals surface area contributed by atoms with Gasteiger partial charge in [0.25, 0.3) is 0 Å². The molecular formula is C15H22O4. The molecule has 106 valence electrons. The maximum atomic E-state index is 11.9. The largest absolute Gasteiger partial charge is 0.469 e. The molecule has 1 saturated carbocycles. The van der Waals surface area contributed by atoms with Gasteiger partial charge in [-0.05, 0) is 36.2 Å². The molecule has 0 N–H and O–H groups in total. The predicted octanol–water partition coefficient (Wildman–Crippen LogP) is 2.62. The summed E-state index contributed by atoms with van der Waals surface area (Å²) in [7, 11) is 1.34. The van der Waals surface area contributed by atoms with Crippen molar-refractivity contribution in [1.29, 1.82) is 0 Å². The number of hydrogen-bond donors (Lipinski definition) is 0. The van der Waals surface area contributed by atoms with Crippen molar-refractivity contribution in [1.82, 2.24) is 0 Å². The second-order valence-electron chi connectivity index (χ2n) is 6.49. The minimum absolute atomic E-state index is 0.0430. The SMILES string of the molecule is COC(=O)CC1=C2CCC(C(C)(C)C)CC2OC1=O. The van der Waals surface area contributed by atoms with Crippen LogP contribution < -0.4 is 0 Å². The first-order valence-corrected chi connectivity index (χ1v) is 6.82. The monoisotopic (exact) mass is 266 g/mol. The van der Waals surface area contributed by atoms with Crippen molar-refractivity contribution in [2.45, 2.75) is 52.6 Å². The average Bonchev–Trinajstić information content (AvgIpc) is 2.64. The van der Waals surface area contributed by atoms with E-state index in [0.29, 0.717) is 11.5 Å². The Kier molecular flexibility index (Phi) is 3.70. The van der Waals surface area contributed by atoms with Gasteiger partial charge in [0.2, 0.25) is 0 Å². The summed E-state index contributed by atoms with van der Waals surface area (Å²) in [5.74, 6) is -0.162. The Hall–Kier alpha value is -1.32. The summed E-state index contributed by atoms with van der Waals surface area (Å²) in [5.41, 5.74) is 1.78. The Bertz CT molecular complexity index is 428. The summed E-state index contributed by atoms with van der Waals surface area (Å²) >= 11 is 0. The summed E-state index contributed by atoms with van der Waals surface area (Å²) in [6.07, 6.45) is 2.70. The van der Waals surface area contributed by atoms with E-state index in [9.17, 15) is 9.59 Å². The second kappa shape index (κ2) is 4.99. The molecule has 2 atom stereocenters. The van der Waals surface area contributed by atoms with E-state index in [1.54, 1.807) is 0 Å². The highest BCUT2D eigenvalue weighted by Gasteiger charge is 2.41. The maximum absolute atomic E-state index is 11.9. The molecule has 4 nitrogen and oxygen atoms in total. The van der Waals surface area contributed by atoms with Crippen LogP contribution in [0, 0.1) is 11.3 Å². The van der Waals surface area contributed by atoms with Crippen LogP contribution >= 0.6 is 0 Å². The Balaban J connectivity index is 2.15. The highest BCUT2D eigenvalue weighted by atomic mass is 16.6. The lowest BCUT2D eigenvalue weighted by Gasteiger charge is -2.36. The van der Waals surface area contributed by atoms with E-state index in [4.69, 9.17) is 4.74 Å². The number of ether oxygens (including phenoxy) is 2. The third-order valence-corrected chi connectivity index (χ3v) is 4.31. The molecule has 1 aliphatic carbocycles. The quantitative estimate of drug-likeness (QED) is 0.721. The van der Waals surface area contributed by atoms with Gasteiger partial charge in [-0.3, -0.25) is 4.79 Å². The number of hydrogen-bond acceptors (Lipinski definition) is 4. The molecule has 1 heterocycles. The van der Waals surface area contributed by atoms with Crippen LogP contribution in [0.25, 0.3) is 0 Å². The third-order valence-electron chi connectivity index (χ3n) is 4.31. The number of fused-ring (bicyclic) bond motifs is 1. The minimum Gasteiger partial charge on any atom is -0.469 e. The van der Waals surface area contributed by atoms with Gasteiger partial charge >= 0.3 is 11.9 Å². The van der Waals surface area contributed by atoms with Crippen LogP contribution in [0.15, 0.2) is 11.1 Å². The van der Waals surface area contributed by atoms with Crippen molar-refractivity contribution in [3.8, 4) is 0 Å². The zero-order valence-corrected chi connectivity index (χ0v) is 12.1. The van der Waals surface area contributed by atoms with Gasteiger partial charge in [0.15, 0.2) is 0 Å². The topological polar surface area (TPSA) is 52.6 Å². The molecule has 0 radical (unpaired) electrons. The van der Waals surface area contributed by atoms with Crippen LogP contribution in [-0.2, 0) is 19.1 Å². The van der Waals surface area contributed by atoms with Crippen LogP contribution in [0.4, 0.5) is 0 Å². The lowest BCUT2D eigenvalue weighted by molar-refractivity contribution is -0.145. The normalized spacial score (nSPS) is 27.1. The Morgan fingerprint density at radius 3 is 2.68 bits per heavy atom. The van der Waals surface area contributed by atoms with Gasteiger partial charge in [-0.25, -0.2) is 4.79 Å². The predicted molar refractivity (Wildman–Crippen MR) is 70.3 cm³/mol. The fourth-order valence-electron chi connectivity index (χ4n) is 2.99. The average molecular weight is 266 g/mol. The van der Waals surface area contributed by atoms with Crippen molar-refractivity contribution in [2.75, 3.05) is 7.11 Å². The minimum atomic E-state index is -0.377. The van der Waals surface area contributed by atoms with E-state index in [0.717, 1.165) is 24.8 Å². The van der Waals surface area contributed by atoms with Crippen LogP contribution in [0.1, 0.15) is 46.5 Å². The van der Waals surface area contributed by atoms with Gasteiger partial charge < -0.3 is 9.47 Å². The van der Waals surface area contributed by atoms with Crippen molar-refractivity contribution >= 4 is 11.9 Å². The molecule has 0 aromatic rings.